The van der Waals surface area contributed by atoms with Gasteiger partial charge >= 0.3 is 0 Å². The van der Waals surface area contributed by atoms with Crippen molar-refractivity contribution in [3.8, 4) is 0 Å². The molecule has 0 unspecified atom stereocenters. The fraction of sp³-hybridized carbons (Fsp3) is 0.400. The highest BCUT2D eigenvalue weighted by Gasteiger charge is 2.17. The SMILES string of the molecule is CC(C)[C@H](N)c1c(F)cccc1Br.Cl. The van der Waals surface area contributed by atoms with Gasteiger partial charge in [-0.25, -0.2) is 4.39 Å². The normalized spacial score (nSPS) is 12.4. The van der Waals surface area contributed by atoms with Crippen LogP contribution in [0.4, 0.5) is 4.39 Å². The van der Waals surface area contributed by atoms with Crippen LogP contribution in [0, 0.1) is 11.7 Å². The molecule has 0 saturated heterocycles. The van der Waals surface area contributed by atoms with E-state index in [-0.39, 0.29) is 30.2 Å². The highest BCUT2D eigenvalue weighted by molar-refractivity contribution is 9.10. The first-order valence-corrected chi connectivity index (χ1v) is 5.03. The molecule has 0 aliphatic carbocycles. The Labute approximate surface area is 98.4 Å². The van der Waals surface area contributed by atoms with E-state index in [0.29, 0.717) is 5.56 Å². The number of hydrogen-bond acceptors (Lipinski definition) is 1. The van der Waals surface area contributed by atoms with Crippen molar-refractivity contribution in [3.05, 3.63) is 34.1 Å². The third kappa shape index (κ3) is 2.94. The van der Waals surface area contributed by atoms with Crippen molar-refractivity contribution < 1.29 is 4.39 Å². The van der Waals surface area contributed by atoms with E-state index in [2.05, 4.69) is 15.9 Å². The van der Waals surface area contributed by atoms with E-state index < -0.39 is 0 Å². The molecule has 1 aromatic carbocycles. The van der Waals surface area contributed by atoms with E-state index in [0.717, 1.165) is 4.47 Å². The van der Waals surface area contributed by atoms with Crippen LogP contribution in [-0.4, -0.2) is 0 Å². The second kappa shape index (κ2) is 5.69. The predicted molar refractivity (Wildman–Crippen MR) is 63.1 cm³/mol. The van der Waals surface area contributed by atoms with Gasteiger partial charge in [0, 0.05) is 16.1 Å². The summed E-state index contributed by atoms with van der Waals surface area (Å²) in [5.41, 5.74) is 6.44. The Morgan fingerprint density at radius 1 is 1.36 bits per heavy atom. The van der Waals surface area contributed by atoms with E-state index in [9.17, 15) is 4.39 Å². The van der Waals surface area contributed by atoms with E-state index in [4.69, 9.17) is 5.73 Å². The lowest BCUT2D eigenvalue weighted by Gasteiger charge is -2.18. The molecule has 0 radical (unpaired) electrons. The Bertz CT molecular complexity index is 284. The van der Waals surface area contributed by atoms with Crippen LogP contribution in [0.3, 0.4) is 0 Å². The second-order valence-electron chi connectivity index (χ2n) is 3.41. The van der Waals surface area contributed by atoms with Crippen LogP contribution in [0.1, 0.15) is 25.5 Å². The highest BCUT2D eigenvalue weighted by atomic mass is 79.9. The van der Waals surface area contributed by atoms with Gasteiger partial charge in [0.15, 0.2) is 0 Å². The summed E-state index contributed by atoms with van der Waals surface area (Å²) in [5, 5.41) is 0. The van der Waals surface area contributed by atoms with Gasteiger partial charge in [0.1, 0.15) is 5.82 Å². The molecule has 0 spiro atoms. The maximum absolute atomic E-state index is 13.4. The molecule has 0 aliphatic heterocycles. The minimum atomic E-state index is -0.254. The summed E-state index contributed by atoms with van der Waals surface area (Å²) in [6, 6.07) is 4.65. The fourth-order valence-electron chi connectivity index (χ4n) is 1.16. The largest absolute Gasteiger partial charge is 0.324 e. The Kier molecular flexibility index (Phi) is 5.64. The van der Waals surface area contributed by atoms with Crippen LogP contribution in [0.25, 0.3) is 0 Å². The molecule has 0 aliphatic rings. The first-order chi connectivity index (χ1) is 6.04. The standard InChI is InChI=1S/C10H13BrFN.ClH/c1-6(2)10(13)9-7(11)4-3-5-8(9)12;/h3-6,10H,13H2,1-2H3;1H/t10-;/m0./s1. The number of halogens is 3. The van der Waals surface area contributed by atoms with E-state index in [1.807, 2.05) is 13.8 Å². The molecule has 0 bridgehead atoms. The third-order valence-corrected chi connectivity index (χ3v) is 2.74. The van der Waals surface area contributed by atoms with Crippen molar-refractivity contribution in [1.82, 2.24) is 0 Å². The lowest BCUT2D eigenvalue weighted by molar-refractivity contribution is 0.483. The smallest absolute Gasteiger partial charge is 0.129 e. The number of hydrogen-bond donors (Lipinski definition) is 1. The number of nitrogens with two attached hydrogens (primary N) is 1. The van der Waals surface area contributed by atoms with Crippen LogP contribution in [0.5, 0.6) is 0 Å². The van der Waals surface area contributed by atoms with Crippen molar-refractivity contribution >= 4 is 28.3 Å². The molecule has 1 rings (SSSR count). The van der Waals surface area contributed by atoms with Gasteiger partial charge in [0.25, 0.3) is 0 Å². The Morgan fingerprint density at radius 2 is 1.93 bits per heavy atom. The van der Waals surface area contributed by atoms with Crippen molar-refractivity contribution in [1.29, 1.82) is 0 Å². The molecule has 2 N–H and O–H groups in total. The average Bonchev–Trinajstić information content (AvgIpc) is 2.03. The van der Waals surface area contributed by atoms with E-state index in [1.54, 1.807) is 12.1 Å². The average molecular weight is 283 g/mol. The molecule has 1 nitrogen and oxygen atoms in total. The molecule has 0 saturated carbocycles. The molecule has 1 atom stereocenters. The lowest BCUT2D eigenvalue weighted by Crippen LogP contribution is -2.18. The van der Waals surface area contributed by atoms with Gasteiger partial charge in [0.05, 0.1) is 0 Å². The highest BCUT2D eigenvalue weighted by Crippen LogP contribution is 2.28. The topological polar surface area (TPSA) is 26.0 Å². The number of rotatable bonds is 2. The molecular weight excluding hydrogens is 268 g/mol. The Balaban J connectivity index is 0.00000169. The van der Waals surface area contributed by atoms with Crippen molar-refractivity contribution in [2.45, 2.75) is 19.9 Å². The van der Waals surface area contributed by atoms with Gasteiger partial charge in [-0.1, -0.05) is 35.8 Å². The van der Waals surface area contributed by atoms with Gasteiger partial charge in [-0.2, -0.15) is 0 Å². The molecular formula is C10H14BrClFN. The van der Waals surface area contributed by atoms with Crippen LogP contribution in [0.15, 0.2) is 22.7 Å². The quantitative estimate of drug-likeness (QED) is 0.880. The first kappa shape index (κ1) is 13.9. The van der Waals surface area contributed by atoms with Crippen LogP contribution < -0.4 is 5.73 Å². The van der Waals surface area contributed by atoms with Gasteiger partial charge in [-0.15, -0.1) is 12.4 Å². The van der Waals surface area contributed by atoms with Gasteiger partial charge in [0.2, 0.25) is 0 Å². The zero-order valence-corrected chi connectivity index (χ0v) is 10.5. The number of benzene rings is 1. The van der Waals surface area contributed by atoms with Crippen molar-refractivity contribution in [2.24, 2.45) is 11.7 Å². The maximum Gasteiger partial charge on any atom is 0.129 e. The molecule has 4 heteroatoms. The lowest BCUT2D eigenvalue weighted by atomic mass is 9.97. The van der Waals surface area contributed by atoms with E-state index in [1.165, 1.54) is 6.07 Å². The molecule has 0 amide bonds. The van der Waals surface area contributed by atoms with Crippen LogP contribution in [-0.2, 0) is 0 Å². The molecule has 0 fully saturated rings. The molecule has 80 valence electrons. The van der Waals surface area contributed by atoms with Crippen LogP contribution in [0.2, 0.25) is 0 Å². The summed E-state index contributed by atoms with van der Waals surface area (Å²) in [4.78, 5) is 0. The zero-order chi connectivity index (χ0) is 10.0. The minimum Gasteiger partial charge on any atom is -0.324 e. The molecule has 0 heterocycles. The maximum atomic E-state index is 13.4. The van der Waals surface area contributed by atoms with Crippen molar-refractivity contribution in [2.75, 3.05) is 0 Å². The van der Waals surface area contributed by atoms with E-state index >= 15 is 0 Å². The summed E-state index contributed by atoms with van der Waals surface area (Å²) in [6.45, 7) is 3.95. The fourth-order valence-corrected chi connectivity index (χ4v) is 1.77. The van der Waals surface area contributed by atoms with Crippen molar-refractivity contribution in [3.63, 3.8) is 0 Å². The zero-order valence-electron chi connectivity index (χ0n) is 8.13. The molecule has 0 aromatic heterocycles. The predicted octanol–water partition coefficient (Wildman–Crippen LogP) is 3.67. The second-order valence-corrected chi connectivity index (χ2v) is 4.26. The molecule has 1 aromatic rings. The minimum absolute atomic E-state index is 0. The summed E-state index contributed by atoms with van der Waals surface area (Å²) in [7, 11) is 0. The monoisotopic (exact) mass is 281 g/mol. The van der Waals surface area contributed by atoms with Gasteiger partial charge < -0.3 is 5.73 Å². The summed E-state index contributed by atoms with van der Waals surface area (Å²) < 4.78 is 14.1. The van der Waals surface area contributed by atoms with Crippen LogP contribution >= 0.6 is 28.3 Å². The Hall–Kier alpha value is -0.120. The van der Waals surface area contributed by atoms with Gasteiger partial charge in [-0.05, 0) is 18.1 Å². The van der Waals surface area contributed by atoms with Gasteiger partial charge in [-0.3, -0.25) is 0 Å². The summed E-state index contributed by atoms with van der Waals surface area (Å²) in [5.74, 6) is -0.0104. The molecule has 14 heavy (non-hydrogen) atoms. The Morgan fingerprint density at radius 3 is 2.36 bits per heavy atom. The third-order valence-electron chi connectivity index (χ3n) is 2.05. The summed E-state index contributed by atoms with van der Waals surface area (Å²) >= 11 is 3.30. The first-order valence-electron chi connectivity index (χ1n) is 4.23. The summed E-state index contributed by atoms with van der Waals surface area (Å²) in [6.07, 6.45) is 0.